The lowest BCUT2D eigenvalue weighted by Gasteiger charge is -2.22. The maximum Gasteiger partial charge on any atom is 0.232 e. The summed E-state index contributed by atoms with van der Waals surface area (Å²) in [5.74, 6) is 1.42. The molecule has 1 heterocycles. The number of thiol groups is 1. The van der Waals surface area contributed by atoms with Crippen LogP contribution in [0.1, 0.15) is 25.7 Å². The first kappa shape index (κ1) is 8.42. The van der Waals surface area contributed by atoms with Crippen molar-refractivity contribution in [2.75, 3.05) is 12.3 Å². The van der Waals surface area contributed by atoms with Gasteiger partial charge >= 0.3 is 0 Å². The van der Waals surface area contributed by atoms with Crippen LogP contribution in [0.25, 0.3) is 0 Å². The molecule has 2 rings (SSSR count). The van der Waals surface area contributed by atoms with Gasteiger partial charge in [-0.25, -0.2) is 0 Å². The number of rotatable bonds is 1. The van der Waals surface area contributed by atoms with Gasteiger partial charge in [0.15, 0.2) is 0 Å². The third-order valence-electron chi connectivity index (χ3n) is 3.22. The Morgan fingerprint density at radius 2 is 2.25 bits per heavy atom. The van der Waals surface area contributed by atoms with Gasteiger partial charge in [-0.2, -0.15) is 12.6 Å². The van der Waals surface area contributed by atoms with E-state index in [1.807, 2.05) is 4.90 Å². The van der Waals surface area contributed by atoms with E-state index < -0.39 is 0 Å². The third-order valence-corrected chi connectivity index (χ3v) is 3.49. The second-order valence-corrected chi connectivity index (χ2v) is 4.11. The molecular weight excluding hydrogens is 170 g/mol. The number of likely N-dealkylation sites (tertiary alicyclic amines) is 1. The highest BCUT2D eigenvalue weighted by atomic mass is 32.1. The van der Waals surface area contributed by atoms with Gasteiger partial charge in [-0.15, -0.1) is 0 Å². The molecule has 2 fully saturated rings. The van der Waals surface area contributed by atoms with Crippen molar-refractivity contribution in [3.63, 3.8) is 0 Å². The Morgan fingerprint density at radius 1 is 1.42 bits per heavy atom. The Bertz CT molecular complexity index is 195. The molecule has 1 saturated heterocycles. The van der Waals surface area contributed by atoms with Crippen LogP contribution in [0.3, 0.4) is 0 Å². The maximum atomic E-state index is 11.4. The lowest BCUT2D eigenvalue weighted by atomic mass is 10.1. The summed E-state index contributed by atoms with van der Waals surface area (Å²) in [6.07, 6.45) is 5.10. The summed E-state index contributed by atoms with van der Waals surface area (Å²) < 4.78 is 0. The molecule has 0 aromatic heterocycles. The van der Waals surface area contributed by atoms with Crippen LogP contribution in [-0.4, -0.2) is 29.1 Å². The van der Waals surface area contributed by atoms with E-state index in [0.29, 0.717) is 11.8 Å². The molecule has 2 atom stereocenters. The molecule has 12 heavy (non-hydrogen) atoms. The summed E-state index contributed by atoms with van der Waals surface area (Å²) in [5.41, 5.74) is 0. The molecule has 3 heteroatoms. The van der Waals surface area contributed by atoms with Gasteiger partial charge in [-0.1, -0.05) is 6.42 Å². The van der Waals surface area contributed by atoms with Gasteiger partial charge in [-0.3, -0.25) is 4.79 Å². The highest BCUT2D eigenvalue weighted by molar-refractivity contribution is 7.81. The molecule has 0 bridgehead atoms. The predicted molar refractivity (Wildman–Crippen MR) is 51.3 cm³/mol. The number of hydrogen-bond donors (Lipinski definition) is 1. The van der Waals surface area contributed by atoms with Gasteiger partial charge < -0.3 is 4.90 Å². The fraction of sp³-hybridized carbons (Fsp3) is 0.889. The van der Waals surface area contributed by atoms with Crippen LogP contribution in [0.15, 0.2) is 0 Å². The Labute approximate surface area is 78.7 Å². The highest BCUT2D eigenvalue weighted by Crippen LogP contribution is 2.37. The molecular formula is C9H15NOS. The summed E-state index contributed by atoms with van der Waals surface area (Å²) in [6.45, 7) is 0.981. The van der Waals surface area contributed by atoms with Crippen LogP contribution in [0.5, 0.6) is 0 Å². The van der Waals surface area contributed by atoms with E-state index in [0.717, 1.165) is 12.5 Å². The standard InChI is InChI=1S/C9H15NOS/c11-9(6-12)10-5-4-7-2-1-3-8(7)10/h7-8,12H,1-6H2. The van der Waals surface area contributed by atoms with E-state index in [2.05, 4.69) is 12.6 Å². The molecule has 2 nitrogen and oxygen atoms in total. The first-order valence-electron chi connectivity index (χ1n) is 4.73. The Morgan fingerprint density at radius 3 is 3.00 bits per heavy atom. The molecule has 0 N–H and O–H groups in total. The smallest absolute Gasteiger partial charge is 0.232 e. The largest absolute Gasteiger partial charge is 0.339 e. The number of amides is 1. The van der Waals surface area contributed by atoms with Gasteiger partial charge in [0.05, 0.1) is 5.75 Å². The second kappa shape index (κ2) is 3.29. The van der Waals surface area contributed by atoms with Crippen molar-refractivity contribution in [1.29, 1.82) is 0 Å². The highest BCUT2D eigenvalue weighted by Gasteiger charge is 2.39. The van der Waals surface area contributed by atoms with Crippen molar-refractivity contribution in [2.24, 2.45) is 5.92 Å². The first-order valence-corrected chi connectivity index (χ1v) is 5.36. The number of hydrogen-bond acceptors (Lipinski definition) is 2. The number of fused-ring (bicyclic) bond motifs is 1. The average molecular weight is 185 g/mol. The van der Waals surface area contributed by atoms with E-state index in [1.54, 1.807) is 0 Å². The lowest BCUT2D eigenvalue weighted by molar-refractivity contribution is -0.129. The SMILES string of the molecule is O=C(CS)N1CCC2CCCC21. The Kier molecular flexibility index (Phi) is 2.31. The summed E-state index contributed by atoms with van der Waals surface area (Å²) in [4.78, 5) is 13.5. The molecule has 2 aliphatic rings. The normalized spacial score (nSPS) is 33.9. The van der Waals surface area contributed by atoms with Crippen LogP contribution < -0.4 is 0 Å². The van der Waals surface area contributed by atoms with Crippen molar-refractivity contribution < 1.29 is 4.79 Å². The van der Waals surface area contributed by atoms with E-state index in [1.165, 1.54) is 25.7 Å². The molecule has 0 radical (unpaired) electrons. The number of carbonyl (C=O) groups is 1. The van der Waals surface area contributed by atoms with Crippen LogP contribution in [0.2, 0.25) is 0 Å². The maximum absolute atomic E-state index is 11.4. The van der Waals surface area contributed by atoms with Crippen molar-refractivity contribution in [3.8, 4) is 0 Å². The van der Waals surface area contributed by atoms with Crippen LogP contribution in [0, 0.1) is 5.92 Å². The van der Waals surface area contributed by atoms with Gasteiger partial charge in [0.1, 0.15) is 0 Å². The fourth-order valence-corrected chi connectivity index (χ4v) is 2.82. The summed E-state index contributed by atoms with van der Waals surface area (Å²) >= 11 is 4.03. The predicted octanol–water partition coefficient (Wildman–Crippen LogP) is 1.32. The minimum Gasteiger partial charge on any atom is -0.339 e. The zero-order chi connectivity index (χ0) is 8.55. The molecule has 68 valence electrons. The third kappa shape index (κ3) is 1.24. The molecule has 1 aliphatic carbocycles. The van der Waals surface area contributed by atoms with E-state index >= 15 is 0 Å². The van der Waals surface area contributed by atoms with Gasteiger partial charge in [-0.05, 0) is 25.2 Å². The van der Waals surface area contributed by atoms with Crippen molar-refractivity contribution in [3.05, 3.63) is 0 Å². The summed E-state index contributed by atoms with van der Waals surface area (Å²) in [5, 5.41) is 0. The molecule has 1 amide bonds. The van der Waals surface area contributed by atoms with Crippen molar-refractivity contribution in [2.45, 2.75) is 31.7 Å². The van der Waals surface area contributed by atoms with Crippen LogP contribution in [0.4, 0.5) is 0 Å². The molecule has 2 unspecified atom stereocenters. The zero-order valence-electron chi connectivity index (χ0n) is 7.20. The number of nitrogens with zero attached hydrogens (tertiary/aromatic N) is 1. The second-order valence-electron chi connectivity index (χ2n) is 3.79. The van der Waals surface area contributed by atoms with E-state index in [-0.39, 0.29) is 5.91 Å². The lowest BCUT2D eigenvalue weighted by Crippen LogP contribution is -2.36. The van der Waals surface area contributed by atoms with Crippen LogP contribution >= 0.6 is 12.6 Å². The summed E-state index contributed by atoms with van der Waals surface area (Å²) in [6, 6.07) is 0.574. The van der Waals surface area contributed by atoms with Crippen molar-refractivity contribution >= 4 is 18.5 Å². The van der Waals surface area contributed by atoms with E-state index in [9.17, 15) is 4.79 Å². The zero-order valence-corrected chi connectivity index (χ0v) is 8.09. The monoisotopic (exact) mass is 185 g/mol. The molecule has 1 aliphatic heterocycles. The van der Waals surface area contributed by atoms with Gasteiger partial charge in [0, 0.05) is 12.6 Å². The average Bonchev–Trinajstić information content (AvgIpc) is 2.62. The summed E-state index contributed by atoms with van der Waals surface area (Å²) in [7, 11) is 0. The number of carbonyl (C=O) groups excluding carboxylic acids is 1. The first-order chi connectivity index (χ1) is 5.83. The van der Waals surface area contributed by atoms with Gasteiger partial charge in [0.25, 0.3) is 0 Å². The molecule has 0 spiro atoms. The Balaban J connectivity index is 2.04. The van der Waals surface area contributed by atoms with E-state index in [4.69, 9.17) is 0 Å². The molecule has 0 aromatic rings. The topological polar surface area (TPSA) is 20.3 Å². The Hall–Kier alpha value is -0.180. The quantitative estimate of drug-likeness (QED) is 0.611. The van der Waals surface area contributed by atoms with Crippen LogP contribution in [-0.2, 0) is 4.79 Å². The van der Waals surface area contributed by atoms with Gasteiger partial charge in [0.2, 0.25) is 5.91 Å². The van der Waals surface area contributed by atoms with Crippen molar-refractivity contribution in [1.82, 2.24) is 4.90 Å². The molecule has 1 saturated carbocycles. The minimum atomic E-state index is 0.229. The fourth-order valence-electron chi connectivity index (χ4n) is 2.64. The minimum absolute atomic E-state index is 0.229. The molecule has 0 aromatic carbocycles.